The molecule has 6 nitrogen and oxygen atoms in total. The van der Waals surface area contributed by atoms with E-state index in [9.17, 15) is 4.79 Å². The van der Waals surface area contributed by atoms with Crippen molar-refractivity contribution < 1.29 is 9.32 Å². The molecule has 138 valence electrons. The lowest BCUT2D eigenvalue weighted by molar-refractivity contribution is 0.0988. The van der Waals surface area contributed by atoms with Crippen molar-refractivity contribution in [3.63, 3.8) is 0 Å². The van der Waals surface area contributed by atoms with Gasteiger partial charge in [-0.25, -0.2) is 4.98 Å². The van der Waals surface area contributed by atoms with Crippen LogP contribution in [0.5, 0.6) is 0 Å². The van der Waals surface area contributed by atoms with Crippen LogP contribution in [0.4, 0.5) is 11.5 Å². The highest BCUT2D eigenvalue weighted by Gasteiger charge is 2.15. The van der Waals surface area contributed by atoms with Crippen LogP contribution in [0, 0.1) is 6.92 Å². The van der Waals surface area contributed by atoms with Gasteiger partial charge in [-0.1, -0.05) is 35.0 Å². The summed E-state index contributed by atoms with van der Waals surface area (Å²) in [4.78, 5) is 19.2. The quantitative estimate of drug-likeness (QED) is 0.750. The molecule has 1 aromatic carbocycles. The van der Waals surface area contributed by atoms with E-state index in [-0.39, 0.29) is 11.7 Å². The van der Waals surface area contributed by atoms with Gasteiger partial charge in [0, 0.05) is 24.7 Å². The lowest BCUT2D eigenvalue weighted by Gasteiger charge is -2.27. The van der Waals surface area contributed by atoms with E-state index in [1.54, 1.807) is 12.3 Å². The molecule has 0 unspecified atom stereocenters. The summed E-state index contributed by atoms with van der Waals surface area (Å²) in [5.74, 6) is 0.785. The Hall–Kier alpha value is -3.15. The first-order valence-corrected chi connectivity index (χ1v) is 9.25. The van der Waals surface area contributed by atoms with E-state index in [1.165, 1.54) is 24.8 Å². The molecule has 27 heavy (non-hydrogen) atoms. The number of anilines is 2. The first-order chi connectivity index (χ1) is 13.2. The Morgan fingerprint density at radius 1 is 1.07 bits per heavy atom. The second-order valence-corrected chi connectivity index (χ2v) is 6.85. The van der Waals surface area contributed by atoms with Crippen LogP contribution in [-0.2, 0) is 0 Å². The molecule has 6 heteroatoms. The van der Waals surface area contributed by atoms with Crippen molar-refractivity contribution in [3.05, 3.63) is 60.0 Å². The number of aromatic nitrogens is 2. The van der Waals surface area contributed by atoms with Gasteiger partial charge < -0.3 is 14.7 Å². The SMILES string of the molecule is Cc1ccc(-c2cc(C(=O)Nc3ccc(N4CCCCC4)nc3)on2)cc1. The van der Waals surface area contributed by atoms with Crippen LogP contribution in [0.3, 0.4) is 0 Å². The van der Waals surface area contributed by atoms with Crippen LogP contribution in [0.25, 0.3) is 11.3 Å². The highest BCUT2D eigenvalue weighted by Crippen LogP contribution is 2.21. The van der Waals surface area contributed by atoms with Crippen LogP contribution >= 0.6 is 0 Å². The molecule has 0 spiro atoms. The summed E-state index contributed by atoms with van der Waals surface area (Å²) in [6.45, 7) is 4.10. The Morgan fingerprint density at radius 2 is 1.85 bits per heavy atom. The summed E-state index contributed by atoms with van der Waals surface area (Å²) in [5.41, 5.74) is 3.35. The Labute approximate surface area is 158 Å². The number of hydrogen-bond acceptors (Lipinski definition) is 5. The van der Waals surface area contributed by atoms with Crippen molar-refractivity contribution in [2.75, 3.05) is 23.3 Å². The minimum atomic E-state index is -0.339. The average molecular weight is 362 g/mol. The second kappa shape index (κ2) is 7.61. The molecule has 3 heterocycles. The molecule has 1 N–H and O–H groups in total. The van der Waals surface area contributed by atoms with Crippen LogP contribution in [0.15, 0.2) is 53.2 Å². The predicted octanol–water partition coefficient (Wildman–Crippen LogP) is 4.29. The van der Waals surface area contributed by atoms with E-state index in [0.717, 1.165) is 24.5 Å². The molecule has 0 aliphatic carbocycles. The Bertz CT molecular complexity index is 910. The number of carbonyl (C=O) groups is 1. The number of rotatable bonds is 4. The predicted molar refractivity (Wildman–Crippen MR) is 105 cm³/mol. The summed E-state index contributed by atoms with van der Waals surface area (Å²) in [7, 11) is 0. The van der Waals surface area contributed by atoms with Gasteiger partial charge in [0.25, 0.3) is 5.91 Å². The first-order valence-electron chi connectivity index (χ1n) is 9.25. The molecule has 0 atom stereocenters. The van der Waals surface area contributed by atoms with Crippen molar-refractivity contribution in [2.24, 2.45) is 0 Å². The Balaban J connectivity index is 1.42. The van der Waals surface area contributed by atoms with E-state index >= 15 is 0 Å². The summed E-state index contributed by atoms with van der Waals surface area (Å²) in [6, 6.07) is 13.4. The van der Waals surface area contributed by atoms with E-state index in [1.807, 2.05) is 43.3 Å². The monoisotopic (exact) mass is 362 g/mol. The normalized spacial score (nSPS) is 14.2. The number of piperidine rings is 1. The van der Waals surface area contributed by atoms with Gasteiger partial charge in [0.05, 0.1) is 11.9 Å². The number of aryl methyl sites for hydroxylation is 1. The fraction of sp³-hybridized carbons (Fsp3) is 0.286. The van der Waals surface area contributed by atoms with Crippen LogP contribution in [0.1, 0.15) is 35.4 Å². The Morgan fingerprint density at radius 3 is 2.56 bits per heavy atom. The van der Waals surface area contributed by atoms with Crippen molar-refractivity contribution in [1.29, 1.82) is 0 Å². The fourth-order valence-corrected chi connectivity index (χ4v) is 3.21. The van der Waals surface area contributed by atoms with Crippen molar-refractivity contribution >= 4 is 17.4 Å². The molecule has 0 bridgehead atoms. The van der Waals surface area contributed by atoms with Gasteiger partial charge in [0.15, 0.2) is 0 Å². The molecule has 1 saturated heterocycles. The highest BCUT2D eigenvalue weighted by molar-refractivity contribution is 6.02. The third kappa shape index (κ3) is 4.00. The van der Waals surface area contributed by atoms with Crippen LogP contribution in [0.2, 0.25) is 0 Å². The minimum absolute atomic E-state index is 0.172. The molecular formula is C21H22N4O2. The first kappa shape index (κ1) is 17.3. The lowest BCUT2D eigenvalue weighted by Crippen LogP contribution is -2.30. The molecule has 0 saturated carbocycles. The highest BCUT2D eigenvalue weighted by atomic mass is 16.5. The van der Waals surface area contributed by atoms with Crippen molar-refractivity contribution in [3.8, 4) is 11.3 Å². The van der Waals surface area contributed by atoms with Gasteiger partial charge in [0.2, 0.25) is 5.76 Å². The number of carbonyl (C=O) groups excluding carboxylic acids is 1. The van der Waals surface area contributed by atoms with Gasteiger partial charge >= 0.3 is 0 Å². The second-order valence-electron chi connectivity index (χ2n) is 6.85. The lowest BCUT2D eigenvalue weighted by atomic mass is 10.1. The molecule has 1 aliphatic rings. The molecular weight excluding hydrogens is 340 g/mol. The summed E-state index contributed by atoms with van der Waals surface area (Å²) < 4.78 is 5.21. The zero-order chi connectivity index (χ0) is 18.6. The third-order valence-corrected chi connectivity index (χ3v) is 4.77. The standard InChI is InChI=1S/C21H22N4O2/c1-15-5-7-16(8-6-15)18-13-19(27-24-18)21(26)23-17-9-10-20(22-14-17)25-11-3-2-4-12-25/h5-10,13-14H,2-4,11-12H2,1H3,(H,23,26). The zero-order valence-electron chi connectivity index (χ0n) is 15.3. The molecule has 1 fully saturated rings. The number of benzene rings is 1. The van der Waals surface area contributed by atoms with Gasteiger partial charge in [-0.3, -0.25) is 4.79 Å². The minimum Gasteiger partial charge on any atom is -0.357 e. The number of nitrogens with one attached hydrogen (secondary N) is 1. The van der Waals surface area contributed by atoms with Crippen LogP contribution < -0.4 is 10.2 Å². The molecule has 3 aromatic rings. The van der Waals surface area contributed by atoms with E-state index in [2.05, 4.69) is 20.4 Å². The van der Waals surface area contributed by atoms with E-state index in [0.29, 0.717) is 11.4 Å². The van der Waals surface area contributed by atoms with Gasteiger partial charge in [-0.15, -0.1) is 0 Å². The maximum absolute atomic E-state index is 12.4. The van der Waals surface area contributed by atoms with Crippen molar-refractivity contribution in [2.45, 2.75) is 26.2 Å². The van der Waals surface area contributed by atoms with Crippen LogP contribution in [-0.4, -0.2) is 29.1 Å². The smallest absolute Gasteiger partial charge is 0.294 e. The summed E-state index contributed by atoms with van der Waals surface area (Å²) in [5, 5.41) is 6.80. The number of nitrogens with zero attached hydrogens (tertiary/aromatic N) is 3. The molecule has 0 radical (unpaired) electrons. The third-order valence-electron chi connectivity index (χ3n) is 4.77. The fourth-order valence-electron chi connectivity index (χ4n) is 3.21. The number of amides is 1. The van der Waals surface area contributed by atoms with Gasteiger partial charge in [-0.05, 0) is 38.3 Å². The van der Waals surface area contributed by atoms with Gasteiger partial charge in [-0.2, -0.15) is 0 Å². The van der Waals surface area contributed by atoms with Crippen molar-refractivity contribution in [1.82, 2.24) is 10.1 Å². The summed E-state index contributed by atoms with van der Waals surface area (Å²) in [6.07, 6.45) is 5.37. The maximum Gasteiger partial charge on any atom is 0.294 e. The summed E-state index contributed by atoms with van der Waals surface area (Å²) >= 11 is 0. The average Bonchev–Trinajstić information content (AvgIpc) is 3.20. The molecule has 1 amide bonds. The largest absolute Gasteiger partial charge is 0.357 e. The maximum atomic E-state index is 12.4. The molecule has 4 rings (SSSR count). The number of pyridine rings is 1. The molecule has 1 aliphatic heterocycles. The van der Waals surface area contributed by atoms with Gasteiger partial charge in [0.1, 0.15) is 11.5 Å². The molecule has 2 aromatic heterocycles. The topological polar surface area (TPSA) is 71.3 Å². The van der Waals surface area contributed by atoms with E-state index in [4.69, 9.17) is 4.52 Å². The zero-order valence-corrected chi connectivity index (χ0v) is 15.3. The Kier molecular flexibility index (Phi) is 4.87. The number of hydrogen-bond donors (Lipinski definition) is 1. The van der Waals surface area contributed by atoms with E-state index < -0.39 is 0 Å².